The van der Waals surface area contributed by atoms with Crippen LogP contribution in [0, 0.1) is 11.8 Å². The molecule has 8 nitrogen and oxygen atoms in total. The van der Waals surface area contributed by atoms with Gasteiger partial charge in [-0.05, 0) is 48.4 Å². The highest BCUT2D eigenvalue weighted by molar-refractivity contribution is 6.34. The summed E-state index contributed by atoms with van der Waals surface area (Å²) < 4.78 is 7.47. The van der Waals surface area contributed by atoms with Gasteiger partial charge in [0, 0.05) is 75.0 Å². The highest BCUT2D eigenvalue weighted by Crippen LogP contribution is 2.56. The van der Waals surface area contributed by atoms with Crippen molar-refractivity contribution >= 4 is 39.8 Å². The van der Waals surface area contributed by atoms with Crippen LogP contribution in [0.2, 0.25) is 5.02 Å². The number of pyridine rings is 1. The van der Waals surface area contributed by atoms with E-state index in [0.29, 0.717) is 11.7 Å². The Bertz CT molecular complexity index is 1310. The van der Waals surface area contributed by atoms with E-state index in [4.69, 9.17) is 16.3 Å². The van der Waals surface area contributed by atoms with Crippen LogP contribution in [-0.2, 0) is 16.6 Å². The summed E-state index contributed by atoms with van der Waals surface area (Å²) in [4.78, 5) is 22.6. The molecule has 0 bridgehead atoms. The van der Waals surface area contributed by atoms with Gasteiger partial charge in [-0.15, -0.1) is 0 Å². The number of rotatable bonds is 6. The van der Waals surface area contributed by atoms with E-state index in [9.17, 15) is 4.79 Å². The number of hydrogen-bond donors (Lipinski definition) is 1. The van der Waals surface area contributed by atoms with Crippen molar-refractivity contribution in [2.45, 2.75) is 38.1 Å². The van der Waals surface area contributed by atoms with Crippen molar-refractivity contribution in [1.29, 1.82) is 0 Å². The first-order chi connectivity index (χ1) is 17.9. The van der Waals surface area contributed by atoms with Gasteiger partial charge in [0.25, 0.3) is 0 Å². The van der Waals surface area contributed by atoms with Gasteiger partial charge in [-0.3, -0.25) is 14.4 Å². The van der Waals surface area contributed by atoms with Crippen LogP contribution < -0.4 is 10.2 Å². The van der Waals surface area contributed by atoms with Crippen LogP contribution in [0.25, 0.3) is 10.8 Å². The lowest BCUT2D eigenvalue weighted by atomic mass is 9.98. The number of anilines is 2. The molecule has 1 amide bonds. The van der Waals surface area contributed by atoms with Crippen molar-refractivity contribution in [2.75, 3.05) is 49.6 Å². The SMILES string of the molecule is CC[C@H]1[C@H](C(=O)Nc2cc3cc(N4CCN(C5(C)CCOC5)CC4)c(Cl)cc3cn2)[C@H]1c1cnn(C)c1. The molecule has 0 spiro atoms. The fourth-order valence-electron chi connectivity index (χ4n) is 6.37. The van der Waals surface area contributed by atoms with Crippen LogP contribution >= 0.6 is 11.6 Å². The molecule has 2 aliphatic heterocycles. The molecule has 196 valence electrons. The predicted octanol–water partition coefficient (Wildman–Crippen LogP) is 4.30. The summed E-state index contributed by atoms with van der Waals surface area (Å²) in [6.45, 7) is 9.94. The lowest BCUT2D eigenvalue weighted by Gasteiger charge is -2.44. The van der Waals surface area contributed by atoms with E-state index in [2.05, 4.69) is 45.1 Å². The number of carbonyl (C=O) groups is 1. The van der Waals surface area contributed by atoms with E-state index < -0.39 is 0 Å². The lowest BCUT2D eigenvalue weighted by molar-refractivity contribution is -0.117. The first-order valence-electron chi connectivity index (χ1n) is 13.3. The molecule has 1 N–H and O–H groups in total. The maximum absolute atomic E-state index is 13.2. The number of aryl methyl sites for hydroxylation is 1. The van der Waals surface area contributed by atoms with Gasteiger partial charge in [0.15, 0.2) is 0 Å². The third-order valence-corrected chi connectivity index (χ3v) is 8.98. The van der Waals surface area contributed by atoms with Crippen molar-refractivity contribution in [3.63, 3.8) is 0 Å². The van der Waals surface area contributed by atoms with Gasteiger partial charge in [0.05, 0.1) is 23.5 Å². The fourth-order valence-corrected chi connectivity index (χ4v) is 6.66. The summed E-state index contributed by atoms with van der Waals surface area (Å²) in [6.07, 6.45) is 7.74. The molecule has 1 saturated carbocycles. The average Bonchev–Trinajstić information content (AvgIpc) is 3.18. The van der Waals surface area contributed by atoms with Crippen molar-refractivity contribution in [3.8, 4) is 0 Å². The summed E-state index contributed by atoms with van der Waals surface area (Å²) in [5.41, 5.74) is 2.32. The van der Waals surface area contributed by atoms with Crippen molar-refractivity contribution in [1.82, 2.24) is 19.7 Å². The number of benzene rings is 1. The summed E-state index contributed by atoms with van der Waals surface area (Å²) >= 11 is 6.73. The molecule has 1 aromatic carbocycles. The van der Waals surface area contributed by atoms with Crippen LogP contribution in [0.3, 0.4) is 0 Å². The van der Waals surface area contributed by atoms with Gasteiger partial charge < -0.3 is 15.0 Å². The van der Waals surface area contributed by atoms with E-state index in [1.807, 2.05) is 31.6 Å². The third-order valence-electron chi connectivity index (χ3n) is 8.67. The minimum absolute atomic E-state index is 0.0299. The van der Waals surface area contributed by atoms with Crippen molar-refractivity contribution in [3.05, 3.63) is 47.4 Å². The van der Waals surface area contributed by atoms with Crippen LogP contribution in [0.5, 0.6) is 0 Å². The molecule has 9 heteroatoms. The Morgan fingerprint density at radius 1 is 1.19 bits per heavy atom. The van der Waals surface area contributed by atoms with Crippen LogP contribution in [0.15, 0.2) is 36.8 Å². The highest BCUT2D eigenvalue weighted by atomic mass is 35.5. The number of nitrogens with one attached hydrogen (secondary N) is 1. The molecular formula is C28H35ClN6O2. The summed E-state index contributed by atoms with van der Waals surface area (Å²) in [5, 5.41) is 10.1. The molecule has 6 rings (SSSR count). The number of piperazine rings is 1. The number of nitrogens with zero attached hydrogens (tertiary/aromatic N) is 5. The topological polar surface area (TPSA) is 75.5 Å². The molecule has 0 radical (unpaired) electrons. The van der Waals surface area contributed by atoms with E-state index in [-0.39, 0.29) is 23.3 Å². The van der Waals surface area contributed by atoms with Gasteiger partial charge in [-0.25, -0.2) is 4.98 Å². The predicted molar refractivity (Wildman–Crippen MR) is 146 cm³/mol. The van der Waals surface area contributed by atoms with E-state index in [1.165, 1.54) is 0 Å². The zero-order chi connectivity index (χ0) is 25.7. The molecule has 3 fully saturated rings. The van der Waals surface area contributed by atoms with Gasteiger partial charge in [0.1, 0.15) is 5.82 Å². The monoisotopic (exact) mass is 522 g/mol. The number of halogens is 1. The highest BCUT2D eigenvalue weighted by Gasteiger charge is 2.54. The second-order valence-corrected chi connectivity index (χ2v) is 11.5. The molecule has 1 unspecified atom stereocenters. The zero-order valence-corrected chi connectivity index (χ0v) is 22.5. The fraction of sp³-hybridized carbons (Fsp3) is 0.536. The molecule has 37 heavy (non-hydrogen) atoms. The van der Waals surface area contributed by atoms with Crippen LogP contribution in [-0.4, -0.2) is 70.5 Å². The van der Waals surface area contributed by atoms with Gasteiger partial charge in [-0.1, -0.05) is 24.9 Å². The number of carbonyl (C=O) groups excluding carboxylic acids is 1. The van der Waals surface area contributed by atoms with Crippen LogP contribution in [0.4, 0.5) is 11.5 Å². The molecule has 4 atom stereocenters. The minimum atomic E-state index is -0.0455. The summed E-state index contributed by atoms with van der Waals surface area (Å²) in [7, 11) is 1.91. The maximum atomic E-state index is 13.2. The number of fused-ring (bicyclic) bond motifs is 1. The molecule has 3 aromatic rings. The smallest absolute Gasteiger partial charge is 0.229 e. The maximum Gasteiger partial charge on any atom is 0.229 e. The Morgan fingerprint density at radius 3 is 2.68 bits per heavy atom. The van der Waals surface area contributed by atoms with Crippen molar-refractivity contribution < 1.29 is 9.53 Å². The first-order valence-corrected chi connectivity index (χ1v) is 13.7. The zero-order valence-electron chi connectivity index (χ0n) is 21.8. The van der Waals surface area contributed by atoms with Crippen molar-refractivity contribution in [2.24, 2.45) is 18.9 Å². The van der Waals surface area contributed by atoms with E-state index in [0.717, 1.165) is 79.3 Å². The third kappa shape index (κ3) is 4.60. The minimum Gasteiger partial charge on any atom is -0.379 e. The van der Waals surface area contributed by atoms with E-state index in [1.54, 1.807) is 10.9 Å². The van der Waals surface area contributed by atoms with Gasteiger partial charge in [0.2, 0.25) is 5.91 Å². The molecule has 2 saturated heterocycles. The molecule has 2 aromatic heterocycles. The number of aromatic nitrogens is 3. The molecule has 1 aliphatic carbocycles. The lowest BCUT2D eigenvalue weighted by Crippen LogP contribution is -2.56. The van der Waals surface area contributed by atoms with Gasteiger partial charge in [-0.2, -0.15) is 5.10 Å². The molecular weight excluding hydrogens is 488 g/mol. The summed E-state index contributed by atoms with van der Waals surface area (Å²) in [5.74, 6) is 1.13. The Morgan fingerprint density at radius 2 is 2.00 bits per heavy atom. The summed E-state index contributed by atoms with van der Waals surface area (Å²) in [6, 6.07) is 6.08. The normalized spacial score (nSPS) is 28.1. The Balaban J connectivity index is 1.16. The molecule has 3 aliphatic rings. The standard InChI is InChI=1S/C28H35ClN6O2/c1-4-21-25(20-15-31-33(3)16-20)26(21)27(36)32-24-13-18-12-23(22(29)11-19(18)14-30-24)34-6-8-35(9-7-34)28(2)5-10-37-17-28/h11-16,21,25-26H,4-10,17H2,1-3H3,(H,30,32,36)/t21-,25+,26+,28?/m1/s1. The number of hydrogen-bond acceptors (Lipinski definition) is 6. The quantitative estimate of drug-likeness (QED) is 0.520. The average molecular weight is 523 g/mol. The molecule has 4 heterocycles. The second-order valence-electron chi connectivity index (χ2n) is 11.1. The van der Waals surface area contributed by atoms with E-state index >= 15 is 0 Å². The van der Waals surface area contributed by atoms with Crippen LogP contribution in [0.1, 0.15) is 38.2 Å². The van der Waals surface area contributed by atoms with Gasteiger partial charge >= 0.3 is 0 Å². The number of ether oxygens (including phenoxy) is 1. The number of amides is 1. The second kappa shape index (κ2) is 9.57. The first kappa shape index (κ1) is 24.6. The Kier molecular flexibility index (Phi) is 6.37. The largest absolute Gasteiger partial charge is 0.379 e. The Hall–Kier alpha value is -2.68. The Labute approximate surface area is 222 Å².